The number of carbonyl (C=O) groups excluding carboxylic acids is 1. The molecule has 0 aliphatic carbocycles. The molecule has 11 nitrogen and oxygen atoms in total. The lowest BCUT2D eigenvalue weighted by molar-refractivity contribution is 0.0206. The third-order valence-corrected chi connectivity index (χ3v) is 10.5. The fraction of sp³-hybridized carbons (Fsp3) is 0.459. The molecule has 0 radical (unpaired) electrons. The molecule has 260 valence electrons. The zero-order valence-corrected chi connectivity index (χ0v) is 29.5. The third-order valence-electron chi connectivity index (χ3n) is 8.81. The molecule has 0 bridgehead atoms. The molecule has 1 N–H and O–H groups in total. The average molecular weight is 688 g/mol. The second-order valence-corrected chi connectivity index (χ2v) is 16.1. The fourth-order valence-corrected chi connectivity index (χ4v) is 8.34. The predicted octanol–water partition coefficient (Wildman–Crippen LogP) is 6.95. The number of aryl methyl sites for hydroxylation is 1. The van der Waals surface area contributed by atoms with Crippen LogP contribution in [0.4, 0.5) is 10.7 Å². The Kier molecular flexibility index (Phi) is 10.4. The van der Waals surface area contributed by atoms with Gasteiger partial charge in [-0.05, 0) is 94.0 Å². The summed E-state index contributed by atoms with van der Waals surface area (Å²) >= 11 is 0. The van der Waals surface area contributed by atoms with E-state index in [1.807, 2.05) is 70.2 Å². The number of sulfone groups is 1. The van der Waals surface area contributed by atoms with E-state index in [9.17, 15) is 13.2 Å². The fourth-order valence-electron chi connectivity index (χ4n) is 6.45. The molecular formula is C37H45N5O6S. The van der Waals surface area contributed by atoms with Gasteiger partial charge in [-0.3, -0.25) is 0 Å². The molecule has 12 heteroatoms. The van der Waals surface area contributed by atoms with E-state index in [2.05, 4.69) is 15.3 Å². The zero-order chi connectivity index (χ0) is 34.6. The van der Waals surface area contributed by atoms with Crippen LogP contribution in [0.25, 0.3) is 22.0 Å². The molecule has 2 aliphatic heterocycles. The van der Waals surface area contributed by atoms with Crippen molar-refractivity contribution < 1.29 is 27.4 Å². The predicted molar refractivity (Wildman–Crippen MR) is 190 cm³/mol. The third kappa shape index (κ3) is 8.85. The van der Waals surface area contributed by atoms with Crippen LogP contribution in [0.1, 0.15) is 57.6 Å². The molecule has 49 heavy (non-hydrogen) atoms. The van der Waals surface area contributed by atoms with E-state index in [-0.39, 0.29) is 29.6 Å². The lowest BCUT2D eigenvalue weighted by atomic mass is 10.0. The number of pyridine rings is 1. The maximum atomic E-state index is 13.3. The Labute approximate surface area is 288 Å². The number of fused-ring (bicyclic) bond motifs is 1. The standard InChI is InChI=1S/C37H45N5O6S/c1-25-12-13-29-27(24-49(44,45)23-26-15-20-46-21-16-26)8-5-10-30(29)33(25)47-34-31(11-6-17-38-34)32-14-18-39-35(41-32)40-28-9-7-19-42(22-28)36(43)48-37(2,3)4/h5-6,8,10-14,17-18,26,28H,7,9,15-16,19-24H2,1-4H3,(H,39,40,41)/t28-/m0/s1. The minimum absolute atomic E-state index is 0.0332. The Balaban J connectivity index is 1.22. The van der Waals surface area contributed by atoms with E-state index >= 15 is 0 Å². The SMILES string of the molecule is Cc1ccc2c(CS(=O)(=O)CC3CCOCC3)cccc2c1Oc1ncccc1-c1ccnc(N[C@H]2CCCN(C(=O)OC(C)(C)C)C2)n1. The maximum absolute atomic E-state index is 13.3. The van der Waals surface area contributed by atoms with Gasteiger partial charge in [0, 0.05) is 50.1 Å². The van der Waals surface area contributed by atoms with Crippen molar-refractivity contribution in [3.05, 3.63) is 72.1 Å². The second kappa shape index (κ2) is 14.7. The first-order valence-electron chi connectivity index (χ1n) is 16.9. The van der Waals surface area contributed by atoms with E-state index in [0.717, 1.165) is 47.6 Å². The summed E-state index contributed by atoms with van der Waals surface area (Å²) in [5.41, 5.74) is 2.38. The lowest BCUT2D eigenvalue weighted by Crippen LogP contribution is -2.47. The Morgan fingerprint density at radius 2 is 1.82 bits per heavy atom. The van der Waals surface area contributed by atoms with Crippen LogP contribution in [0, 0.1) is 12.8 Å². The number of aromatic nitrogens is 3. The van der Waals surface area contributed by atoms with Crippen molar-refractivity contribution >= 4 is 32.7 Å². The Morgan fingerprint density at radius 1 is 1.00 bits per heavy atom. The zero-order valence-electron chi connectivity index (χ0n) is 28.6. The maximum Gasteiger partial charge on any atom is 0.410 e. The van der Waals surface area contributed by atoms with Crippen molar-refractivity contribution in [1.29, 1.82) is 0 Å². The van der Waals surface area contributed by atoms with Crippen LogP contribution in [-0.4, -0.2) is 78.1 Å². The topological polar surface area (TPSA) is 133 Å². The summed E-state index contributed by atoms with van der Waals surface area (Å²) in [5, 5.41) is 5.05. The van der Waals surface area contributed by atoms with Crippen LogP contribution < -0.4 is 10.1 Å². The van der Waals surface area contributed by atoms with E-state index in [1.165, 1.54) is 0 Å². The molecule has 2 fully saturated rings. The smallest absolute Gasteiger partial charge is 0.410 e. The lowest BCUT2D eigenvalue weighted by Gasteiger charge is -2.34. The molecule has 2 aliphatic rings. The molecule has 2 aromatic carbocycles. The minimum atomic E-state index is -3.33. The second-order valence-electron chi connectivity index (χ2n) is 14.0. The van der Waals surface area contributed by atoms with Crippen molar-refractivity contribution in [1.82, 2.24) is 19.9 Å². The van der Waals surface area contributed by atoms with Gasteiger partial charge in [0.2, 0.25) is 11.8 Å². The van der Waals surface area contributed by atoms with Gasteiger partial charge in [0.25, 0.3) is 0 Å². The highest BCUT2D eigenvalue weighted by atomic mass is 32.2. The molecule has 0 spiro atoms. The minimum Gasteiger partial charge on any atom is -0.444 e. The van der Waals surface area contributed by atoms with Gasteiger partial charge in [-0.25, -0.2) is 28.2 Å². The van der Waals surface area contributed by atoms with E-state index in [4.69, 9.17) is 19.2 Å². The number of benzene rings is 2. The molecule has 4 aromatic rings. The Bertz CT molecular complexity index is 1910. The number of rotatable bonds is 9. The molecule has 1 atom stereocenters. The summed E-state index contributed by atoms with van der Waals surface area (Å²) in [6.07, 6.45) is 6.29. The monoisotopic (exact) mass is 687 g/mol. The largest absolute Gasteiger partial charge is 0.444 e. The van der Waals surface area contributed by atoms with Crippen molar-refractivity contribution in [3.8, 4) is 22.9 Å². The molecule has 6 rings (SSSR count). The number of piperidine rings is 1. The first kappa shape index (κ1) is 34.6. The summed E-state index contributed by atoms with van der Waals surface area (Å²) in [6.45, 7) is 9.92. The number of nitrogens with zero attached hydrogens (tertiary/aromatic N) is 4. The van der Waals surface area contributed by atoms with Crippen LogP contribution in [0.3, 0.4) is 0 Å². The molecular weight excluding hydrogens is 643 g/mol. The average Bonchev–Trinajstić information content (AvgIpc) is 3.06. The van der Waals surface area contributed by atoms with Crippen molar-refractivity contribution in [2.45, 2.75) is 70.8 Å². The van der Waals surface area contributed by atoms with E-state index < -0.39 is 15.4 Å². The van der Waals surface area contributed by atoms with E-state index in [0.29, 0.717) is 55.1 Å². The van der Waals surface area contributed by atoms with Gasteiger partial charge in [0.15, 0.2) is 9.84 Å². The molecule has 2 aromatic heterocycles. The van der Waals surface area contributed by atoms with Crippen LogP contribution >= 0.6 is 0 Å². The normalized spacial score (nSPS) is 17.6. The van der Waals surface area contributed by atoms with Gasteiger partial charge < -0.3 is 24.4 Å². The van der Waals surface area contributed by atoms with Gasteiger partial charge >= 0.3 is 6.09 Å². The number of amides is 1. The van der Waals surface area contributed by atoms with Crippen LogP contribution in [0.15, 0.2) is 60.9 Å². The number of anilines is 1. The van der Waals surface area contributed by atoms with Gasteiger partial charge in [0.05, 0.1) is 22.8 Å². The van der Waals surface area contributed by atoms with Crippen LogP contribution in [0.5, 0.6) is 11.6 Å². The quantitative estimate of drug-likeness (QED) is 0.197. The van der Waals surface area contributed by atoms with Gasteiger partial charge in [-0.2, -0.15) is 0 Å². The van der Waals surface area contributed by atoms with Crippen molar-refractivity contribution in [3.63, 3.8) is 0 Å². The van der Waals surface area contributed by atoms with Crippen LogP contribution in [0.2, 0.25) is 0 Å². The number of ether oxygens (including phenoxy) is 3. The molecule has 4 heterocycles. The van der Waals surface area contributed by atoms with Crippen LogP contribution in [-0.2, 0) is 25.1 Å². The number of hydrogen-bond donors (Lipinski definition) is 1. The summed E-state index contributed by atoms with van der Waals surface area (Å²) < 4.78 is 44.1. The van der Waals surface area contributed by atoms with Gasteiger partial charge in [-0.1, -0.05) is 30.3 Å². The number of likely N-dealkylation sites (tertiary alicyclic amines) is 1. The highest BCUT2D eigenvalue weighted by Crippen LogP contribution is 2.38. The Hall–Kier alpha value is -4.29. The number of hydrogen-bond acceptors (Lipinski definition) is 10. The summed E-state index contributed by atoms with van der Waals surface area (Å²) in [4.78, 5) is 28.3. The summed E-state index contributed by atoms with van der Waals surface area (Å²) in [6, 6.07) is 15.1. The summed E-state index contributed by atoms with van der Waals surface area (Å²) in [5.74, 6) is 1.68. The number of carbonyl (C=O) groups is 1. The van der Waals surface area contributed by atoms with E-state index in [1.54, 1.807) is 23.4 Å². The highest BCUT2D eigenvalue weighted by molar-refractivity contribution is 7.90. The molecule has 0 saturated carbocycles. The van der Waals surface area contributed by atoms with Crippen molar-refractivity contribution in [2.24, 2.45) is 5.92 Å². The summed E-state index contributed by atoms with van der Waals surface area (Å²) in [7, 11) is -3.33. The molecule has 0 unspecified atom stereocenters. The van der Waals surface area contributed by atoms with Crippen molar-refractivity contribution in [2.75, 3.05) is 37.4 Å². The first-order chi connectivity index (χ1) is 23.4. The number of nitrogens with one attached hydrogen (secondary N) is 1. The molecule has 2 saturated heterocycles. The molecule has 1 amide bonds. The highest BCUT2D eigenvalue weighted by Gasteiger charge is 2.28. The van der Waals surface area contributed by atoms with Gasteiger partial charge in [-0.15, -0.1) is 0 Å². The van der Waals surface area contributed by atoms with Gasteiger partial charge in [0.1, 0.15) is 11.4 Å². The Morgan fingerprint density at radius 3 is 2.61 bits per heavy atom. The first-order valence-corrected chi connectivity index (χ1v) is 18.8.